The summed E-state index contributed by atoms with van der Waals surface area (Å²) < 4.78 is 4.96. The van der Waals surface area contributed by atoms with Gasteiger partial charge in [-0.2, -0.15) is 0 Å². The topological polar surface area (TPSA) is 70.1 Å². The van der Waals surface area contributed by atoms with Crippen LogP contribution in [0.4, 0.5) is 0 Å². The summed E-state index contributed by atoms with van der Waals surface area (Å²) in [5.41, 5.74) is 0.565. The Kier molecular flexibility index (Phi) is 2.31. The standard InChI is InChI=1S/C14H10O4/c15-11(8-4-2-1-3-5-8)12(16)9-6-7-10-14(18-10)13(9)17/h1-7,11,15,17H. The minimum Gasteiger partial charge on any atom is -0.504 e. The van der Waals surface area contributed by atoms with Gasteiger partial charge >= 0.3 is 0 Å². The predicted molar refractivity (Wildman–Crippen MR) is 63.9 cm³/mol. The molecule has 1 atom stereocenters. The van der Waals surface area contributed by atoms with Crippen LogP contribution in [-0.4, -0.2) is 16.0 Å². The summed E-state index contributed by atoms with van der Waals surface area (Å²) >= 11 is 0. The molecule has 1 heterocycles. The highest BCUT2D eigenvalue weighted by Gasteiger charge is 2.31. The fraction of sp³-hybridized carbons (Fsp3) is 0.0714. The summed E-state index contributed by atoms with van der Waals surface area (Å²) in [6.07, 6.45) is -1.28. The van der Waals surface area contributed by atoms with Crippen molar-refractivity contribution in [3.8, 4) is 17.2 Å². The van der Waals surface area contributed by atoms with Crippen LogP contribution in [0, 0.1) is 0 Å². The lowest BCUT2D eigenvalue weighted by Gasteiger charge is -2.09. The molecule has 0 aromatic heterocycles. The Bertz CT molecular complexity index is 619. The summed E-state index contributed by atoms with van der Waals surface area (Å²) in [6.45, 7) is 0. The second-order valence-electron chi connectivity index (χ2n) is 4.07. The molecule has 0 radical (unpaired) electrons. The number of aliphatic hydroxyl groups excluding tert-OH is 1. The first-order valence-electron chi connectivity index (χ1n) is 5.49. The van der Waals surface area contributed by atoms with Crippen LogP contribution in [0.5, 0.6) is 17.2 Å². The molecule has 0 bridgehead atoms. The van der Waals surface area contributed by atoms with E-state index in [1.54, 1.807) is 36.4 Å². The zero-order chi connectivity index (χ0) is 12.7. The number of Topliss-reactive ketones (excluding diaryl/α,β-unsaturated/α-hetero) is 1. The van der Waals surface area contributed by atoms with Crippen molar-refractivity contribution in [3.63, 3.8) is 0 Å². The molecule has 2 N–H and O–H groups in total. The fourth-order valence-corrected chi connectivity index (χ4v) is 1.85. The van der Waals surface area contributed by atoms with Gasteiger partial charge in [-0.1, -0.05) is 30.3 Å². The van der Waals surface area contributed by atoms with Gasteiger partial charge in [0.05, 0.1) is 5.56 Å². The fourth-order valence-electron chi connectivity index (χ4n) is 1.85. The third kappa shape index (κ3) is 1.63. The Morgan fingerprint density at radius 1 is 1.11 bits per heavy atom. The molecule has 3 rings (SSSR count). The second-order valence-corrected chi connectivity index (χ2v) is 4.07. The van der Waals surface area contributed by atoms with Crippen molar-refractivity contribution >= 4 is 5.78 Å². The zero-order valence-electron chi connectivity index (χ0n) is 9.33. The van der Waals surface area contributed by atoms with Gasteiger partial charge in [0.25, 0.3) is 0 Å². The molecule has 0 saturated carbocycles. The van der Waals surface area contributed by atoms with Gasteiger partial charge in [0, 0.05) is 0 Å². The maximum atomic E-state index is 12.1. The molecule has 18 heavy (non-hydrogen) atoms. The van der Waals surface area contributed by atoms with E-state index in [-0.39, 0.29) is 11.3 Å². The van der Waals surface area contributed by atoms with E-state index in [4.69, 9.17) is 4.74 Å². The van der Waals surface area contributed by atoms with Gasteiger partial charge in [-0.05, 0) is 17.7 Å². The molecule has 1 aliphatic rings. The molecule has 1 aliphatic heterocycles. The maximum Gasteiger partial charge on any atom is 0.212 e. The average molecular weight is 242 g/mol. The lowest BCUT2D eigenvalue weighted by molar-refractivity contribution is 0.0744. The molecule has 0 fully saturated rings. The first-order chi connectivity index (χ1) is 8.68. The van der Waals surface area contributed by atoms with Crippen LogP contribution in [0.15, 0.2) is 42.5 Å². The number of rotatable bonds is 3. The van der Waals surface area contributed by atoms with Crippen molar-refractivity contribution in [3.05, 3.63) is 53.6 Å². The van der Waals surface area contributed by atoms with Crippen molar-refractivity contribution in [1.29, 1.82) is 0 Å². The Morgan fingerprint density at radius 2 is 1.83 bits per heavy atom. The van der Waals surface area contributed by atoms with Gasteiger partial charge in [-0.3, -0.25) is 4.79 Å². The van der Waals surface area contributed by atoms with E-state index in [1.165, 1.54) is 6.07 Å². The first-order valence-corrected chi connectivity index (χ1v) is 5.49. The average Bonchev–Trinajstić information content (AvgIpc) is 3.19. The van der Waals surface area contributed by atoms with Crippen LogP contribution in [0.25, 0.3) is 0 Å². The number of aliphatic hydroxyl groups is 1. The lowest BCUT2D eigenvalue weighted by Crippen LogP contribution is -2.12. The van der Waals surface area contributed by atoms with Crippen LogP contribution in [0.3, 0.4) is 0 Å². The summed E-state index contributed by atoms with van der Waals surface area (Å²) in [4.78, 5) is 12.1. The number of ether oxygens (including phenoxy) is 1. The molecular formula is C14H10O4. The van der Waals surface area contributed by atoms with E-state index in [0.717, 1.165) is 0 Å². The highest BCUT2D eigenvalue weighted by Crippen LogP contribution is 2.53. The van der Waals surface area contributed by atoms with Crippen molar-refractivity contribution in [1.82, 2.24) is 0 Å². The summed E-state index contributed by atoms with van der Waals surface area (Å²) in [7, 11) is 0. The predicted octanol–water partition coefficient (Wildman–Crippen LogP) is 2.41. The molecule has 4 heteroatoms. The second kappa shape index (κ2) is 3.85. The van der Waals surface area contributed by atoms with Crippen LogP contribution >= 0.6 is 0 Å². The number of hydrogen-bond acceptors (Lipinski definition) is 4. The molecule has 4 nitrogen and oxygen atoms in total. The van der Waals surface area contributed by atoms with Gasteiger partial charge in [-0.15, -0.1) is 0 Å². The number of aromatic hydroxyl groups is 1. The summed E-state index contributed by atoms with van der Waals surface area (Å²) in [5, 5.41) is 19.7. The van der Waals surface area contributed by atoms with Crippen LogP contribution in [0.2, 0.25) is 0 Å². The largest absolute Gasteiger partial charge is 0.504 e. The Labute approximate surface area is 103 Å². The Balaban J connectivity index is 1.94. The number of ketones is 1. The molecule has 0 spiro atoms. The van der Waals surface area contributed by atoms with Crippen molar-refractivity contribution in [2.45, 2.75) is 6.10 Å². The number of hydrogen-bond donors (Lipinski definition) is 2. The third-order valence-electron chi connectivity index (χ3n) is 2.89. The summed E-state index contributed by atoms with van der Waals surface area (Å²) in [6, 6.07) is 11.6. The molecule has 2 aromatic carbocycles. The van der Waals surface area contributed by atoms with E-state index in [0.29, 0.717) is 17.1 Å². The normalized spacial score (nSPS) is 13.4. The highest BCUT2D eigenvalue weighted by atomic mass is 16.6. The van der Waals surface area contributed by atoms with E-state index in [1.807, 2.05) is 0 Å². The van der Waals surface area contributed by atoms with E-state index < -0.39 is 11.9 Å². The number of phenolic OH excluding ortho intramolecular Hbond substituents is 1. The Morgan fingerprint density at radius 3 is 2.56 bits per heavy atom. The highest BCUT2D eigenvalue weighted by molar-refractivity contribution is 6.03. The van der Waals surface area contributed by atoms with Gasteiger partial charge in [-0.25, -0.2) is 0 Å². The zero-order valence-corrected chi connectivity index (χ0v) is 9.33. The van der Waals surface area contributed by atoms with Crippen LogP contribution in [0.1, 0.15) is 22.0 Å². The quantitative estimate of drug-likeness (QED) is 0.546. The monoisotopic (exact) mass is 242 g/mol. The van der Waals surface area contributed by atoms with Gasteiger partial charge in [0.15, 0.2) is 17.3 Å². The number of carbonyl (C=O) groups excluding carboxylic acids is 1. The smallest absolute Gasteiger partial charge is 0.212 e. The van der Waals surface area contributed by atoms with Gasteiger partial charge in [0.2, 0.25) is 5.75 Å². The molecule has 1 unspecified atom stereocenters. The number of phenols is 1. The van der Waals surface area contributed by atoms with Gasteiger partial charge < -0.3 is 14.9 Å². The molecular weight excluding hydrogens is 232 g/mol. The summed E-state index contributed by atoms with van der Waals surface area (Å²) in [5.74, 6) is 0.142. The van der Waals surface area contributed by atoms with Crippen LogP contribution in [-0.2, 0) is 0 Å². The minimum absolute atomic E-state index is 0.0719. The van der Waals surface area contributed by atoms with E-state index in [9.17, 15) is 15.0 Å². The van der Waals surface area contributed by atoms with Crippen molar-refractivity contribution in [2.75, 3.05) is 0 Å². The van der Waals surface area contributed by atoms with Crippen molar-refractivity contribution < 1.29 is 19.7 Å². The number of carbonyl (C=O) groups is 1. The Hall–Kier alpha value is -2.33. The number of fused-ring (bicyclic) bond motifs is 1. The van der Waals surface area contributed by atoms with Crippen LogP contribution < -0.4 is 4.74 Å². The number of benzene rings is 2. The third-order valence-corrected chi connectivity index (χ3v) is 2.89. The molecule has 0 aliphatic carbocycles. The maximum absolute atomic E-state index is 12.1. The lowest BCUT2D eigenvalue weighted by atomic mass is 9.99. The minimum atomic E-state index is -1.28. The SMILES string of the molecule is O=C(c1ccc2c(c1O)O2)C(O)c1ccccc1. The van der Waals surface area contributed by atoms with Crippen molar-refractivity contribution in [2.24, 2.45) is 0 Å². The van der Waals surface area contributed by atoms with E-state index >= 15 is 0 Å². The molecule has 90 valence electrons. The molecule has 0 amide bonds. The molecule has 2 aromatic rings. The van der Waals surface area contributed by atoms with Gasteiger partial charge in [0.1, 0.15) is 6.10 Å². The first kappa shape index (κ1) is 10.8. The molecule has 0 saturated heterocycles. The van der Waals surface area contributed by atoms with E-state index in [2.05, 4.69) is 0 Å².